The summed E-state index contributed by atoms with van der Waals surface area (Å²) in [5, 5.41) is 2.80. The van der Waals surface area contributed by atoms with E-state index in [1.165, 1.54) is 18.2 Å². The van der Waals surface area contributed by atoms with E-state index in [0.29, 0.717) is 4.47 Å². The monoisotopic (exact) mass is 322 g/mol. The van der Waals surface area contributed by atoms with Crippen LogP contribution in [0.1, 0.15) is 28.9 Å². The molecular formula is C14H12BrFN2O. The summed E-state index contributed by atoms with van der Waals surface area (Å²) in [6.45, 7) is 1.85. The molecule has 0 spiro atoms. The molecule has 5 heteroatoms. The minimum atomic E-state index is -0.442. The third-order valence-corrected chi connectivity index (χ3v) is 3.40. The lowest BCUT2D eigenvalue weighted by Crippen LogP contribution is -2.27. The minimum Gasteiger partial charge on any atom is -0.345 e. The normalized spacial score (nSPS) is 11.9. The first-order valence-electron chi connectivity index (χ1n) is 5.74. The van der Waals surface area contributed by atoms with Crippen LogP contribution in [0.3, 0.4) is 0 Å². The second-order valence-corrected chi connectivity index (χ2v) is 4.96. The van der Waals surface area contributed by atoms with Gasteiger partial charge in [0, 0.05) is 16.9 Å². The SMILES string of the molecule is CC(NC(=O)c1cc(F)ccc1Br)c1cccnc1. The molecule has 1 atom stereocenters. The first-order chi connectivity index (χ1) is 9.08. The Bertz CT molecular complexity index is 589. The van der Waals surface area contributed by atoms with Gasteiger partial charge in [-0.05, 0) is 52.7 Å². The fourth-order valence-electron chi connectivity index (χ4n) is 1.66. The zero-order chi connectivity index (χ0) is 13.8. The number of benzene rings is 1. The van der Waals surface area contributed by atoms with E-state index >= 15 is 0 Å². The van der Waals surface area contributed by atoms with Crippen LogP contribution in [0.4, 0.5) is 4.39 Å². The molecule has 2 aromatic rings. The number of carbonyl (C=O) groups excluding carboxylic acids is 1. The zero-order valence-electron chi connectivity index (χ0n) is 10.2. The number of nitrogens with one attached hydrogen (secondary N) is 1. The van der Waals surface area contributed by atoms with Crippen LogP contribution in [-0.2, 0) is 0 Å². The average molecular weight is 323 g/mol. The predicted octanol–water partition coefficient (Wildman–Crippen LogP) is 3.47. The highest BCUT2D eigenvalue weighted by Crippen LogP contribution is 2.19. The van der Waals surface area contributed by atoms with Crippen LogP contribution in [0, 0.1) is 5.82 Å². The number of amides is 1. The number of aromatic nitrogens is 1. The number of carbonyl (C=O) groups is 1. The van der Waals surface area contributed by atoms with Crippen LogP contribution in [-0.4, -0.2) is 10.9 Å². The Labute approximate surface area is 119 Å². The standard InChI is InChI=1S/C14H12BrFN2O/c1-9(10-3-2-6-17-8-10)18-14(19)12-7-11(16)4-5-13(12)15/h2-9H,1H3,(H,18,19). The van der Waals surface area contributed by atoms with Crippen LogP contribution in [0.2, 0.25) is 0 Å². The summed E-state index contributed by atoms with van der Waals surface area (Å²) in [6, 6.07) is 7.49. The third-order valence-electron chi connectivity index (χ3n) is 2.71. The molecule has 1 N–H and O–H groups in total. The van der Waals surface area contributed by atoms with Gasteiger partial charge in [-0.1, -0.05) is 6.07 Å². The highest BCUT2D eigenvalue weighted by molar-refractivity contribution is 9.10. The van der Waals surface area contributed by atoms with Crippen LogP contribution in [0.5, 0.6) is 0 Å². The molecule has 1 unspecified atom stereocenters. The van der Waals surface area contributed by atoms with E-state index in [1.807, 2.05) is 13.0 Å². The molecule has 19 heavy (non-hydrogen) atoms. The first kappa shape index (κ1) is 13.7. The summed E-state index contributed by atoms with van der Waals surface area (Å²) in [6.07, 6.45) is 3.35. The Morgan fingerprint density at radius 3 is 2.89 bits per heavy atom. The van der Waals surface area contributed by atoms with Gasteiger partial charge in [-0.25, -0.2) is 4.39 Å². The summed E-state index contributed by atoms with van der Waals surface area (Å²) in [5.74, 6) is -0.773. The highest BCUT2D eigenvalue weighted by Gasteiger charge is 2.14. The van der Waals surface area contributed by atoms with E-state index in [4.69, 9.17) is 0 Å². The summed E-state index contributed by atoms with van der Waals surface area (Å²) in [4.78, 5) is 16.1. The van der Waals surface area contributed by atoms with Gasteiger partial charge in [-0.15, -0.1) is 0 Å². The molecule has 1 heterocycles. The Balaban J connectivity index is 2.15. The van der Waals surface area contributed by atoms with Crippen molar-refractivity contribution >= 4 is 21.8 Å². The number of rotatable bonds is 3. The van der Waals surface area contributed by atoms with Crippen molar-refractivity contribution < 1.29 is 9.18 Å². The lowest BCUT2D eigenvalue weighted by molar-refractivity contribution is 0.0938. The van der Waals surface area contributed by atoms with Crippen molar-refractivity contribution in [3.05, 3.63) is 64.1 Å². The molecule has 1 amide bonds. The van der Waals surface area contributed by atoms with Gasteiger partial charge in [0.15, 0.2) is 0 Å². The average Bonchev–Trinajstić information content (AvgIpc) is 2.42. The fourth-order valence-corrected chi connectivity index (χ4v) is 2.09. The molecule has 98 valence electrons. The van der Waals surface area contributed by atoms with Crippen LogP contribution in [0.15, 0.2) is 47.2 Å². The number of pyridine rings is 1. The molecule has 3 nitrogen and oxygen atoms in total. The molecule has 1 aromatic heterocycles. The van der Waals surface area contributed by atoms with Crippen molar-refractivity contribution in [3.63, 3.8) is 0 Å². The van der Waals surface area contributed by atoms with Crippen molar-refractivity contribution in [2.45, 2.75) is 13.0 Å². The number of halogens is 2. The quantitative estimate of drug-likeness (QED) is 0.940. The summed E-state index contributed by atoms with van der Waals surface area (Å²) >= 11 is 3.24. The van der Waals surface area contributed by atoms with Gasteiger partial charge in [0.25, 0.3) is 5.91 Å². The lowest BCUT2D eigenvalue weighted by Gasteiger charge is -2.14. The summed E-state index contributed by atoms with van der Waals surface area (Å²) in [7, 11) is 0. The molecule has 0 aliphatic carbocycles. The predicted molar refractivity (Wildman–Crippen MR) is 74.2 cm³/mol. The Hall–Kier alpha value is -1.75. The van der Waals surface area contributed by atoms with E-state index in [-0.39, 0.29) is 17.5 Å². The van der Waals surface area contributed by atoms with Crippen molar-refractivity contribution in [3.8, 4) is 0 Å². The largest absolute Gasteiger partial charge is 0.345 e. The molecule has 1 aromatic carbocycles. The zero-order valence-corrected chi connectivity index (χ0v) is 11.8. The van der Waals surface area contributed by atoms with Gasteiger partial charge in [0.05, 0.1) is 11.6 Å². The molecular weight excluding hydrogens is 311 g/mol. The Morgan fingerprint density at radius 1 is 1.42 bits per heavy atom. The number of hydrogen-bond donors (Lipinski definition) is 1. The molecule has 0 saturated carbocycles. The summed E-state index contributed by atoms with van der Waals surface area (Å²) in [5.41, 5.74) is 1.17. The first-order valence-corrected chi connectivity index (χ1v) is 6.53. The Morgan fingerprint density at radius 2 is 2.21 bits per heavy atom. The van der Waals surface area contributed by atoms with Gasteiger partial charge in [0.1, 0.15) is 5.82 Å². The van der Waals surface area contributed by atoms with Crippen LogP contribution >= 0.6 is 15.9 Å². The topological polar surface area (TPSA) is 42.0 Å². The smallest absolute Gasteiger partial charge is 0.253 e. The van der Waals surface area contributed by atoms with E-state index in [1.54, 1.807) is 18.5 Å². The van der Waals surface area contributed by atoms with Crippen molar-refractivity contribution in [2.24, 2.45) is 0 Å². The van der Waals surface area contributed by atoms with Gasteiger partial charge >= 0.3 is 0 Å². The van der Waals surface area contributed by atoms with Crippen LogP contribution < -0.4 is 5.32 Å². The Kier molecular flexibility index (Phi) is 4.27. The molecule has 0 aliphatic heterocycles. The molecule has 2 rings (SSSR count). The molecule has 0 fully saturated rings. The maximum atomic E-state index is 13.2. The molecule has 0 radical (unpaired) electrons. The molecule has 0 bridgehead atoms. The van der Waals surface area contributed by atoms with E-state index in [9.17, 15) is 9.18 Å². The summed E-state index contributed by atoms with van der Waals surface area (Å²) < 4.78 is 13.7. The molecule has 0 aliphatic rings. The van der Waals surface area contributed by atoms with Gasteiger partial charge in [-0.3, -0.25) is 9.78 Å². The fraction of sp³-hybridized carbons (Fsp3) is 0.143. The minimum absolute atomic E-state index is 0.198. The maximum Gasteiger partial charge on any atom is 0.253 e. The van der Waals surface area contributed by atoms with Gasteiger partial charge in [-0.2, -0.15) is 0 Å². The second kappa shape index (κ2) is 5.93. The number of hydrogen-bond acceptors (Lipinski definition) is 2. The highest BCUT2D eigenvalue weighted by atomic mass is 79.9. The van der Waals surface area contributed by atoms with Gasteiger partial charge in [0.2, 0.25) is 0 Å². The van der Waals surface area contributed by atoms with E-state index in [2.05, 4.69) is 26.2 Å². The van der Waals surface area contributed by atoms with Crippen molar-refractivity contribution in [2.75, 3.05) is 0 Å². The lowest BCUT2D eigenvalue weighted by atomic mass is 10.1. The molecule has 0 saturated heterocycles. The van der Waals surface area contributed by atoms with Gasteiger partial charge < -0.3 is 5.32 Å². The van der Waals surface area contributed by atoms with Crippen molar-refractivity contribution in [1.82, 2.24) is 10.3 Å². The van der Waals surface area contributed by atoms with Crippen molar-refractivity contribution in [1.29, 1.82) is 0 Å². The van der Waals surface area contributed by atoms with E-state index in [0.717, 1.165) is 5.56 Å². The van der Waals surface area contributed by atoms with E-state index < -0.39 is 5.82 Å². The maximum absolute atomic E-state index is 13.2. The van der Waals surface area contributed by atoms with Crippen LogP contribution in [0.25, 0.3) is 0 Å². The third kappa shape index (κ3) is 3.38. The second-order valence-electron chi connectivity index (χ2n) is 4.11. The number of nitrogens with zero attached hydrogens (tertiary/aromatic N) is 1.